The summed E-state index contributed by atoms with van der Waals surface area (Å²) in [5.74, 6) is -2.31. The highest BCUT2D eigenvalue weighted by Gasteiger charge is 2.28. The number of aromatic nitrogens is 3. The molecule has 0 bridgehead atoms. The molecule has 1 saturated heterocycles. The largest absolute Gasteiger partial charge is 0.492 e. The zero-order valence-electron chi connectivity index (χ0n) is 23.7. The molecule has 7 rings (SSSR count). The molecule has 12 heteroatoms. The first kappa shape index (κ1) is 29.1. The van der Waals surface area contributed by atoms with Crippen LogP contribution >= 0.6 is 11.6 Å². The second kappa shape index (κ2) is 11.7. The number of benzene rings is 3. The van der Waals surface area contributed by atoms with E-state index < -0.39 is 23.4 Å². The summed E-state index contributed by atoms with van der Waals surface area (Å²) < 4.78 is 63.9. The second-order valence-corrected chi connectivity index (χ2v) is 11.3. The van der Waals surface area contributed by atoms with E-state index in [0.29, 0.717) is 65.5 Å². The van der Waals surface area contributed by atoms with Crippen LogP contribution in [0.2, 0.25) is 5.02 Å². The van der Waals surface area contributed by atoms with Crippen molar-refractivity contribution in [2.24, 2.45) is 0 Å². The fraction of sp³-hybridized carbons (Fsp3) is 0.242. The number of aromatic carboxylic acids is 1. The zero-order valence-corrected chi connectivity index (χ0v) is 24.4. The minimum absolute atomic E-state index is 0.0481. The van der Waals surface area contributed by atoms with Crippen LogP contribution in [0.3, 0.4) is 0 Å². The van der Waals surface area contributed by atoms with Crippen molar-refractivity contribution in [3.63, 3.8) is 0 Å². The summed E-state index contributed by atoms with van der Waals surface area (Å²) in [6.45, 7) is 1.12. The fourth-order valence-electron chi connectivity index (χ4n) is 5.68. The highest BCUT2D eigenvalue weighted by molar-refractivity contribution is 6.30. The monoisotopic (exact) mass is 635 g/mol. The van der Waals surface area contributed by atoms with Gasteiger partial charge >= 0.3 is 5.97 Å². The molecule has 8 nitrogen and oxygen atoms in total. The van der Waals surface area contributed by atoms with Crippen LogP contribution in [0, 0.1) is 17.5 Å². The average Bonchev–Trinajstić information content (AvgIpc) is 3.61. The SMILES string of the molecule is O=C(O)c1ccc2nc(Cc3c(F)cc(-c4ccc(F)c(OCc5ccc(Cl)cc5F)n4)c4c3CCO4)n(C[C@@H]3CCO3)c2c1. The van der Waals surface area contributed by atoms with Crippen LogP contribution in [-0.2, 0) is 30.7 Å². The van der Waals surface area contributed by atoms with Crippen molar-refractivity contribution in [1.29, 1.82) is 0 Å². The molecule has 45 heavy (non-hydrogen) atoms. The molecule has 0 unspecified atom stereocenters. The van der Waals surface area contributed by atoms with E-state index >= 15 is 4.39 Å². The number of carboxylic acids is 1. The van der Waals surface area contributed by atoms with Gasteiger partial charge in [-0.15, -0.1) is 0 Å². The van der Waals surface area contributed by atoms with E-state index in [1.807, 2.05) is 4.57 Å². The molecule has 1 atom stereocenters. The summed E-state index contributed by atoms with van der Waals surface area (Å²) >= 11 is 5.81. The van der Waals surface area contributed by atoms with E-state index in [2.05, 4.69) is 4.98 Å². The molecule has 0 aliphatic carbocycles. The molecule has 2 aliphatic rings. The number of hydrogen-bond acceptors (Lipinski definition) is 6. The molecule has 5 aromatic rings. The van der Waals surface area contributed by atoms with Gasteiger partial charge in [0.15, 0.2) is 5.82 Å². The van der Waals surface area contributed by atoms with Crippen molar-refractivity contribution in [2.45, 2.75) is 38.5 Å². The van der Waals surface area contributed by atoms with Crippen molar-refractivity contribution in [1.82, 2.24) is 14.5 Å². The number of pyridine rings is 1. The molecule has 0 spiro atoms. The predicted molar refractivity (Wildman–Crippen MR) is 158 cm³/mol. The van der Waals surface area contributed by atoms with Gasteiger partial charge < -0.3 is 23.9 Å². The van der Waals surface area contributed by atoms with Crippen molar-refractivity contribution in [3.8, 4) is 22.9 Å². The van der Waals surface area contributed by atoms with Gasteiger partial charge in [-0.1, -0.05) is 17.7 Å². The predicted octanol–water partition coefficient (Wildman–Crippen LogP) is 6.76. The van der Waals surface area contributed by atoms with Crippen molar-refractivity contribution >= 4 is 28.6 Å². The van der Waals surface area contributed by atoms with E-state index in [-0.39, 0.29) is 46.9 Å². The minimum atomic E-state index is -1.05. The molecule has 0 radical (unpaired) electrons. The van der Waals surface area contributed by atoms with Crippen LogP contribution < -0.4 is 9.47 Å². The number of nitrogens with zero attached hydrogens (tertiary/aromatic N) is 3. The van der Waals surface area contributed by atoms with E-state index in [1.165, 1.54) is 30.3 Å². The maximum atomic E-state index is 16.0. The Bertz CT molecular complexity index is 1980. The lowest BCUT2D eigenvalue weighted by atomic mass is 9.96. The first-order valence-electron chi connectivity index (χ1n) is 14.3. The van der Waals surface area contributed by atoms with Crippen LogP contribution in [0.5, 0.6) is 11.6 Å². The van der Waals surface area contributed by atoms with Gasteiger partial charge in [-0.25, -0.2) is 27.9 Å². The van der Waals surface area contributed by atoms with E-state index in [1.54, 1.807) is 12.1 Å². The number of hydrogen-bond donors (Lipinski definition) is 1. The van der Waals surface area contributed by atoms with Gasteiger partial charge in [0.25, 0.3) is 5.88 Å². The quantitative estimate of drug-likeness (QED) is 0.191. The summed E-state index contributed by atoms with van der Waals surface area (Å²) in [6, 6.07) is 12.6. The topological polar surface area (TPSA) is 95.7 Å². The fourth-order valence-corrected chi connectivity index (χ4v) is 5.84. The summed E-state index contributed by atoms with van der Waals surface area (Å²) in [7, 11) is 0. The smallest absolute Gasteiger partial charge is 0.335 e. The van der Waals surface area contributed by atoms with Gasteiger partial charge in [0, 0.05) is 46.7 Å². The highest BCUT2D eigenvalue weighted by Crippen LogP contribution is 2.41. The van der Waals surface area contributed by atoms with Gasteiger partial charge in [0.05, 0.1) is 41.5 Å². The molecule has 3 aromatic carbocycles. The molecule has 1 N–H and O–H groups in total. The number of halogens is 4. The van der Waals surface area contributed by atoms with Crippen molar-refractivity contribution in [3.05, 3.63) is 105 Å². The number of carboxylic acid groups (broad SMARTS) is 1. The Morgan fingerprint density at radius 3 is 2.62 bits per heavy atom. The van der Waals surface area contributed by atoms with Crippen LogP contribution in [0.4, 0.5) is 13.2 Å². The number of imidazole rings is 1. The van der Waals surface area contributed by atoms with E-state index in [9.17, 15) is 18.7 Å². The third-order valence-electron chi connectivity index (χ3n) is 8.10. The highest BCUT2D eigenvalue weighted by atomic mass is 35.5. The average molecular weight is 636 g/mol. The Balaban J connectivity index is 1.23. The summed E-state index contributed by atoms with van der Waals surface area (Å²) in [4.78, 5) is 20.7. The van der Waals surface area contributed by atoms with Gasteiger partial charge in [-0.2, -0.15) is 0 Å². The van der Waals surface area contributed by atoms with Gasteiger partial charge in [-0.05, 0) is 55.0 Å². The van der Waals surface area contributed by atoms with Crippen LogP contribution in [0.1, 0.15) is 39.3 Å². The number of ether oxygens (including phenoxy) is 3. The second-order valence-electron chi connectivity index (χ2n) is 10.9. The van der Waals surface area contributed by atoms with E-state index in [0.717, 1.165) is 18.6 Å². The number of rotatable bonds is 9. The first-order chi connectivity index (χ1) is 21.7. The molecular formula is C33H25ClF3N3O5. The van der Waals surface area contributed by atoms with Gasteiger partial charge in [0.1, 0.15) is 29.8 Å². The third kappa shape index (κ3) is 5.57. The summed E-state index contributed by atoms with van der Waals surface area (Å²) in [6.07, 6.45) is 1.37. The number of carbonyl (C=O) groups is 1. The Morgan fingerprint density at radius 1 is 1.02 bits per heavy atom. The first-order valence-corrected chi connectivity index (χ1v) is 14.7. The molecule has 1 fully saturated rings. The molecule has 0 saturated carbocycles. The lowest BCUT2D eigenvalue weighted by Gasteiger charge is -2.27. The van der Waals surface area contributed by atoms with Crippen molar-refractivity contribution in [2.75, 3.05) is 13.2 Å². The maximum absolute atomic E-state index is 16.0. The zero-order chi connectivity index (χ0) is 31.2. The number of fused-ring (bicyclic) bond motifs is 2. The van der Waals surface area contributed by atoms with Crippen LogP contribution in [-0.4, -0.2) is 44.9 Å². The lowest BCUT2D eigenvalue weighted by Crippen LogP contribution is -2.31. The van der Waals surface area contributed by atoms with Crippen molar-refractivity contribution < 1.29 is 37.3 Å². The molecule has 4 heterocycles. The summed E-state index contributed by atoms with van der Waals surface area (Å²) in [5.41, 5.74) is 3.12. The molecule has 0 amide bonds. The standard InChI is InChI=1S/C33H25ClF3N3O5/c34-19-3-1-18(25(36)12-19)16-45-32-24(35)4-6-27(39-32)23-13-26(37)22(21-8-10-44-31(21)23)14-30-38-28-5-2-17(33(41)42)11-29(28)40(30)15-20-7-9-43-20/h1-6,11-13,20H,7-10,14-16H2,(H,41,42)/t20-/m0/s1. The molecule has 230 valence electrons. The Morgan fingerprint density at radius 2 is 1.87 bits per heavy atom. The lowest BCUT2D eigenvalue weighted by molar-refractivity contribution is -0.0589. The third-order valence-corrected chi connectivity index (χ3v) is 8.33. The summed E-state index contributed by atoms with van der Waals surface area (Å²) in [5, 5.41) is 9.76. The Hall–Kier alpha value is -4.61. The molecule has 2 aromatic heterocycles. The van der Waals surface area contributed by atoms with Crippen LogP contribution in [0.15, 0.2) is 54.6 Å². The molecular weight excluding hydrogens is 611 g/mol. The molecule has 2 aliphatic heterocycles. The normalized spacial score (nSPS) is 15.5. The van der Waals surface area contributed by atoms with Gasteiger partial charge in [0.2, 0.25) is 0 Å². The minimum Gasteiger partial charge on any atom is -0.492 e. The van der Waals surface area contributed by atoms with E-state index in [4.69, 9.17) is 30.8 Å². The Labute approximate surface area is 260 Å². The van der Waals surface area contributed by atoms with Crippen LogP contribution in [0.25, 0.3) is 22.3 Å². The van der Waals surface area contributed by atoms with Gasteiger partial charge in [-0.3, -0.25) is 0 Å². The Kier molecular flexibility index (Phi) is 7.58. The maximum Gasteiger partial charge on any atom is 0.335 e.